The molecule has 2 rings (SSSR count). The van der Waals surface area contributed by atoms with Gasteiger partial charge >= 0.3 is 0 Å². The molecule has 2 aromatic rings. The number of thioether (sulfide) groups is 1. The summed E-state index contributed by atoms with van der Waals surface area (Å²) in [6, 6.07) is 15.7. The fraction of sp³-hybridized carbons (Fsp3) is 0.559. The van der Waals surface area contributed by atoms with Crippen LogP contribution in [0, 0.1) is 0 Å². The van der Waals surface area contributed by atoms with E-state index in [0.717, 1.165) is 29.2 Å². The lowest BCUT2D eigenvalue weighted by Crippen LogP contribution is -1.97. The Morgan fingerprint density at radius 2 is 1.16 bits per heavy atom. The third-order valence-electron chi connectivity index (χ3n) is 6.95. The van der Waals surface area contributed by atoms with Crippen LogP contribution >= 0.6 is 11.8 Å². The maximum absolute atomic E-state index is 12.4. The number of ketones is 1. The second kappa shape index (κ2) is 21.0. The maximum atomic E-state index is 12.4. The second-order valence-corrected chi connectivity index (χ2v) is 11.0. The van der Waals surface area contributed by atoms with Gasteiger partial charge in [0.05, 0.1) is 6.61 Å². The van der Waals surface area contributed by atoms with Gasteiger partial charge in [-0.1, -0.05) is 121 Å². The monoisotopic (exact) mass is 522 g/mol. The van der Waals surface area contributed by atoms with E-state index < -0.39 is 0 Å². The summed E-state index contributed by atoms with van der Waals surface area (Å²) in [5.41, 5.74) is 1.72. The van der Waals surface area contributed by atoms with E-state index in [1.807, 2.05) is 60.9 Å². The first-order chi connectivity index (χ1) is 18.2. The van der Waals surface area contributed by atoms with Crippen molar-refractivity contribution in [1.82, 2.24) is 0 Å². The predicted molar refractivity (Wildman–Crippen MR) is 163 cm³/mol. The quantitative estimate of drug-likeness (QED) is 0.0665. The van der Waals surface area contributed by atoms with Crippen molar-refractivity contribution in [2.45, 2.75) is 115 Å². The van der Waals surface area contributed by atoms with E-state index in [2.05, 4.69) is 6.92 Å². The second-order valence-electron chi connectivity index (χ2n) is 10.1. The average Bonchev–Trinajstić information content (AvgIpc) is 2.94. The summed E-state index contributed by atoms with van der Waals surface area (Å²) in [7, 11) is 0. The van der Waals surface area contributed by atoms with Gasteiger partial charge in [0.15, 0.2) is 5.78 Å². The molecule has 0 unspecified atom stereocenters. The Bertz CT molecular complexity index is 854. The van der Waals surface area contributed by atoms with Crippen LogP contribution in [-0.4, -0.2) is 18.6 Å². The number of unbranched alkanes of at least 4 members (excludes halogenated alkanes) is 15. The van der Waals surface area contributed by atoms with Crippen LogP contribution in [0.25, 0.3) is 6.08 Å². The molecular weight excluding hydrogens is 472 g/mol. The fourth-order valence-electron chi connectivity index (χ4n) is 4.54. The zero-order chi connectivity index (χ0) is 26.4. The van der Waals surface area contributed by atoms with E-state index >= 15 is 0 Å². The van der Waals surface area contributed by atoms with Crippen molar-refractivity contribution in [3.05, 3.63) is 65.7 Å². The number of hydrogen-bond acceptors (Lipinski definition) is 3. The van der Waals surface area contributed by atoms with Crippen molar-refractivity contribution in [1.29, 1.82) is 0 Å². The molecule has 0 fully saturated rings. The minimum atomic E-state index is 0.0245. The number of allylic oxidation sites excluding steroid dienone is 1. The lowest BCUT2D eigenvalue weighted by Gasteiger charge is -2.07. The molecule has 0 aliphatic rings. The normalized spacial score (nSPS) is 11.3. The van der Waals surface area contributed by atoms with E-state index in [9.17, 15) is 4.79 Å². The molecule has 2 aromatic carbocycles. The van der Waals surface area contributed by atoms with Crippen LogP contribution in [0.15, 0.2) is 59.5 Å². The van der Waals surface area contributed by atoms with E-state index in [4.69, 9.17) is 4.74 Å². The van der Waals surface area contributed by atoms with Crippen molar-refractivity contribution in [2.24, 2.45) is 0 Å². The van der Waals surface area contributed by atoms with Gasteiger partial charge < -0.3 is 4.74 Å². The first-order valence-electron chi connectivity index (χ1n) is 14.8. The van der Waals surface area contributed by atoms with Crippen LogP contribution < -0.4 is 4.74 Å². The molecule has 0 saturated heterocycles. The molecule has 3 heteroatoms. The standard InChI is InChI=1S/C34H50O2S/c1-3-4-5-6-7-8-9-10-11-12-13-14-15-16-17-18-29-36-32-24-19-30(20-25-32)21-28-34(35)31-22-26-33(37-2)27-23-31/h19-28H,3-18,29H2,1-2H3/b28-21+. The van der Waals surface area contributed by atoms with Crippen molar-refractivity contribution in [2.75, 3.05) is 12.9 Å². The molecule has 0 bridgehead atoms. The van der Waals surface area contributed by atoms with Gasteiger partial charge in [-0.2, -0.15) is 0 Å². The van der Waals surface area contributed by atoms with Crippen LogP contribution in [0.5, 0.6) is 5.75 Å². The number of rotatable bonds is 22. The Morgan fingerprint density at radius 3 is 1.65 bits per heavy atom. The minimum absolute atomic E-state index is 0.0245. The summed E-state index contributed by atoms with van der Waals surface area (Å²) in [6.07, 6.45) is 27.6. The van der Waals surface area contributed by atoms with Gasteiger partial charge in [-0.15, -0.1) is 11.8 Å². The highest BCUT2D eigenvalue weighted by Gasteiger charge is 2.02. The molecule has 0 saturated carbocycles. The lowest BCUT2D eigenvalue weighted by atomic mass is 10.0. The highest BCUT2D eigenvalue weighted by molar-refractivity contribution is 7.98. The number of hydrogen-bond donors (Lipinski definition) is 0. The molecule has 37 heavy (non-hydrogen) atoms. The summed E-state index contributed by atoms with van der Waals surface area (Å²) >= 11 is 1.68. The average molecular weight is 523 g/mol. The third kappa shape index (κ3) is 15.1. The molecule has 0 radical (unpaired) electrons. The van der Waals surface area contributed by atoms with Crippen LogP contribution in [0.3, 0.4) is 0 Å². The Kier molecular flexibility index (Phi) is 17.7. The van der Waals surface area contributed by atoms with E-state index in [1.165, 1.54) is 96.3 Å². The summed E-state index contributed by atoms with van der Waals surface area (Å²) in [6.45, 7) is 3.06. The molecule has 0 heterocycles. The number of carbonyl (C=O) groups is 1. The Morgan fingerprint density at radius 1 is 0.676 bits per heavy atom. The highest BCUT2D eigenvalue weighted by atomic mass is 32.2. The zero-order valence-electron chi connectivity index (χ0n) is 23.5. The molecular formula is C34H50O2S. The van der Waals surface area contributed by atoms with Gasteiger partial charge in [0.25, 0.3) is 0 Å². The highest BCUT2D eigenvalue weighted by Crippen LogP contribution is 2.18. The number of ether oxygens (including phenoxy) is 1. The molecule has 0 N–H and O–H groups in total. The first kappa shape index (κ1) is 31.2. The van der Waals surface area contributed by atoms with Gasteiger partial charge in [-0.05, 0) is 60.7 Å². The molecule has 0 aromatic heterocycles. The Hall–Kier alpha value is -2.00. The van der Waals surface area contributed by atoms with Gasteiger partial charge in [-0.25, -0.2) is 0 Å². The van der Waals surface area contributed by atoms with Crippen molar-refractivity contribution >= 4 is 23.6 Å². The topological polar surface area (TPSA) is 26.3 Å². The summed E-state index contributed by atoms with van der Waals surface area (Å²) in [5.74, 6) is 0.925. The third-order valence-corrected chi connectivity index (χ3v) is 7.69. The van der Waals surface area contributed by atoms with Crippen LogP contribution in [0.4, 0.5) is 0 Å². The number of carbonyl (C=O) groups excluding carboxylic acids is 1. The van der Waals surface area contributed by atoms with Crippen LogP contribution in [0.2, 0.25) is 0 Å². The Labute approximate surface area is 231 Å². The summed E-state index contributed by atoms with van der Waals surface area (Å²) in [5, 5.41) is 0. The molecule has 0 amide bonds. The predicted octanol–water partition coefficient (Wildman–Crippen LogP) is 10.9. The summed E-state index contributed by atoms with van der Waals surface area (Å²) < 4.78 is 5.90. The smallest absolute Gasteiger partial charge is 0.185 e. The molecule has 2 nitrogen and oxygen atoms in total. The molecule has 0 aliphatic carbocycles. The molecule has 0 spiro atoms. The van der Waals surface area contributed by atoms with Gasteiger partial charge in [0, 0.05) is 10.5 Å². The largest absolute Gasteiger partial charge is 0.494 e. The van der Waals surface area contributed by atoms with Crippen molar-refractivity contribution in [3.8, 4) is 5.75 Å². The van der Waals surface area contributed by atoms with Gasteiger partial charge in [0.1, 0.15) is 5.75 Å². The fourth-order valence-corrected chi connectivity index (χ4v) is 4.95. The Balaban J connectivity index is 1.44. The van der Waals surface area contributed by atoms with Crippen molar-refractivity contribution in [3.63, 3.8) is 0 Å². The van der Waals surface area contributed by atoms with E-state index in [0.29, 0.717) is 5.56 Å². The van der Waals surface area contributed by atoms with Crippen LogP contribution in [0.1, 0.15) is 126 Å². The number of benzene rings is 2. The first-order valence-corrected chi connectivity index (χ1v) is 16.0. The molecule has 0 atom stereocenters. The van der Waals surface area contributed by atoms with E-state index in [-0.39, 0.29) is 5.78 Å². The summed E-state index contributed by atoms with van der Waals surface area (Å²) in [4.78, 5) is 13.5. The van der Waals surface area contributed by atoms with Gasteiger partial charge in [-0.3, -0.25) is 4.79 Å². The van der Waals surface area contributed by atoms with Gasteiger partial charge in [0.2, 0.25) is 0 Å². The van der Waals surface area contributed by atoms with Crippen LogP contribution in [-0.2, 0) is 0 Å². The van der Waals surface area contributed by atoms with E-state index in [1.54, 1.807) is 17.8 Å². The lowest BCUT2D eigenvalue weighted by molar-refractivity contribution is 0.104. The maximum Gasteiger partial charge on any atom is 0.185 e. The minimum Gasteiger partial charge on any atom is -0.494 e. The molecule has 204 valence electrons. The van der Waals surface area contributed by atoms with Crippen molar-refractivity contribution < 1.29 is 9.53 Å². The molecule has 0 aliphatic heterocycles. The SMILES string of the molecule is CCCCCCCCCCCCCCCCCCOc1ccc(/C=C/C(=O)c2ccc(SC)cc2)cc1. The zero-order valence-corrected chi connectivity index (χ0v) is 24.3.